The van der Waals surface area contributed by atoms with Crippen molar-refractivity contribution in [2.45, 2.75) is 38.5 Å². The second-order valence-corrected chi connectivity index (χ2v) is 6.12. The first kappa shape index (κ1) is 21.7. The Balaban J connectivity index is 0.000000345. The number of hydrogen-bond acceptors (Lipinski definition) is 3. The van der Waals surface area contributed by atoms with Crippen LogP contribution in [0.15, 0.2) is 24.4 Å². The molecule has 5 nitrogen and oxygen atoms in total. The lowest BCUT2D eigenvalue weighted by atomic mass is 9.92. The maximum absolute atomic E-state index is 14.0. The highest BCUT2D eigenvalue weighted by atomic mass is 19.4. The van der Waals surface area contributed by atoms with Gasteiger partial charge in [0.15, 0.2) is 0 Å². The van der Waals surface area contributed by atoms with Crippen LogP contribution in [0.1, 0.15) is 41.8 Å². The normalized spacial score (nSPS) is 17.1. The van der Waals surface area contributed by atoms with E-state index < -0.39 is 18.6 Å². The van der Waals surface area contributed by atoms with E-state index in [2.05, 4.69) is 10.2 Å². The molecular formula is C17H17F6N3O2. The van der Waals surface area contributed by atoms with Crippen LogP contribution in [-0.2, 0) is 17.8 Å². The minimum absolute atomic E-state index is 0.143. The molecule has 1 aliphatic rings. The van der Waals surface area contributed by atoms with E-state index in [0.717, 1.165) is 12.0 Å². The molecule has 2 heterocycles. The van der Waals surface area contributed by atoms with Crippen LogP contribution in [0.4, 0.5) is 26.3 Å². The van der Waals surface area contributed by atoms with Crippen molar-refractivity contribution in [1.29, 1.82) is 0 Å². The molecule has 0 saturated carbocycles. The van der Waals surface area contributed by atoms with Crippen molar-refractivity contribution in [2.75, 3.05) is 6.54 Å². The van der Waals surface area contributed by atoms with Gasteiger partial charge < -0.3 is 5.11 Å². The van der Waals surface area contributed by atoms with Gasteiger partial charge in [0.25, 0.3) is 6.43 Å². The molecular weight excluding hydrogens is 392 g/mol. The summed E-state index contributed by atoms with van der Waals surface area (Å²) in [5, 5.41) is 13.2. The molecule has 0 aliphatic carbocycles. The Morgan fingerprint density at radius 3 is 2.61 bits per heavy atom. The number of aromatic nitrogens is 2. The van der Waals surface area contributed by atoms with Crippen LogP contribution < -0.4 is 0 Å². The fourth-order valence-corrected chi connectivity index (χ4v) is 2.98. The number of nitrogens with one attached hydrogen (secondary N) is 1. The Kier molecular flexibility index (Phi) is 6.70. The number of nitrogens with zero attached hydrogens (tertiary/aromatic N) is 2. The molecule has 0 amide bonds. The SMILES string of the molecule is CC1c2c(F)cccc2CCN1Cc1cn[nH]c1C(F)F.O=C(O)C(F)(F)F. The number of hydrogen-bond donors (Lipinski definition) is 2. The Morgan fingerprint density at radius 2 is 2.04 bits per heavy atom. The zero-order valence-electron chi connectivity index (χ0n) is 14.6. The van der Waals surface area contributed by atoms with Gasteiger partial charge in [0.05, 0.1) is 6.20 Å². The molecule has 0 radical (unpaired) electrons. The van der Waals surface area contributed by atoms with Crippen molar-refractivity contribution in [3.8, 4) is 0 Å². The van der Waals surface area contributed by atoms with Crippen LogP contribution in [0.25, 0.3) is 0 Å². The molecule has 0 spiro atoms. The first-order valence-corrected chi connectivity index (χ1v) is 8.14. The number of carboxylic acids is 1. The molecule has 0 saturated heterocycles. The molecule has 1 unspecified atom stereocenters. The largest absolute Gasteiger partial charge is 0.490 e. The summed E-state index contributed by atoms with van der Waals surface area (Å²) < 4.78 is 71.5. The lowest BCUT2D eigenvalue weighted by Gasteiger charge is -2.35. The van der Waals surface area contributed by atoms with E-state index in [1.165, 1.54) is 12.3 Å². The lowest BCUT2D eigenvalue weighted by molar-refractivity contribution is -0.192. The minimum Gasteiger partial charge on any atom is -0.475 e. The van der Waals surface area contributed by atoms with Crippen LogP contribution in [0.2, 0.25) is 0 Å². The van der Waals surface area contributed by atoms with Gasteiger partial charge >= 0.3 is 12.1 Å². The fourth-order valence-electron chi connectivity index (χ4n) is 2.98. The fraction of sp³-hybridized carbons (Fsp3) is 0.412. The van der Waals surface area contributed by atoms with Gasteiger partial charge in [-0.3, -0.25) is 10.00 Å². The van der Waals surface area contributed by atoms with Gasteiger partial charge in [-0.2, -0.15) is 18.3 Å². The number of rotatable bonds is 3. The molecule has 0 fully saturated rings. The number of aromatic amines is 1. The van der Waals surface area contributed by atoms with E-state index in [1.54, 1.807) is 6.07 Å². The summed E-state index contributed by atoms with van der Waals surface area (Å²) in [5.74, 6) is -2.99. The average molecular weight is 409 g/mol. The van der Waals surface area contributed by atoms with Crippen LogP contribution in [0.5, 0.6) is 0 Å². The standard InChI is InChI=1S/C15H16F3N3.C2HF3O2/c1-9-13-10(3-2-4-12(13)16)5-6-21(9)8-11-7-19-20-14(11)15(17)18;3-2(4,5)1(6)7/h2-4,7,9,15H,5-6,8H2,1H3,(H,19,20);(H,6,7). The Morgan fingerprint density at radius 1 is 1.39 bits per heavy atom. The Hall–Kier alpha value is -2.56. The highest BCUT2D eigenvalue weighted by Gasteiger charge is 2.38. The molecule has 2 N–H and O–H groups in total. The van der Waals surface area contributed by atoms with Gasteiger partial charge in [0, 0.05) is 30.3 Å². The van der Waals surface area contributed by atoms with Crippen molar-refractivity contribution < 1.29 is 36.2 Å². The second kappa shape index (κ2) is 8.63. The lowest BCUT2D eigenvalue weighted by Crippen LogP contribution is -2.34. The summed E-state index contributed by atoms with van der Waals surface area (Å²) in [6.45, 7) is 2.96. The van der Waals surface area contributed by atoms with Crippen LogP contribution in [0.3, 0.4) is 0 Å². The average Bonchev–Trinajstić information content (AvgIpc) is 3.05. The quantitative estimate of drug-likeness (QED) is 0.745. The molecule has 1 aromatic carbocycles. The number of carboxylic acid groups (broad SMARTS) is 1. The third-order valence-corrected chi connectivity index (χ3v) is 4.36. The van der Waals surface area contributed by atoms with Crippen molar-refractivity contribution in [3.63, 3.8) is 0 Å². The van der Waals surface area contributed by atoms with E-state index in [-0.39, 0.29) is 17.6 Å². The number of alkyl halides is 5. The van der Waals surface area contributed by atoms with Crippen molar-refractivity contribution in [1.82, 2.24) is 15.1 Å². The smallest absolute Gasteiger partial charge is 0.475 e. The van der Waals surface area contributed by atoms with Crippen molar-refractivity contribution in [2.24, 2.45) is 0 Å². The first-order chi connectivity index (χ1) is 13.0. The highest BCUT2D eigenvalue weighted by molar-refractivity contribution is 5.73. The molecule has 1 atom stereocenters. The minimum atomic E-state index is -5.08. The number of halogens is 6. The predicted octanol–water partition coefficient (Wildman–Crippen LogP) is 4.24. The maximum atomic E-state index is 14.0. The highest BCUT2D eigenvalue weighted by Crippen LogP contribution is 2.33. The van der Waals surface area contributed by atoms with Crippen LogP contribution >= 0.6 is 0 Å². The van der Waals surface area contributed by atoms with E-state index in [4.69, 9.17) is 9.90 Å². The van der Waals surface area contributed by atoms with Gasteiger partial charge in [0.1, 0.15) is 11.5 Å². The van der Waals surface area contributed by atoms with E-state index in [1.807, 2.05) is 17.9 Å². The zero-order chi connectivity index (χ0) is 21.1. The number of fused-ring (bicyclic) bond motifs is 1. The summed E-state index contributed by atoms with van der Waals surface area (Å²) in [5.41, 5.74) is 1.99. The molecule has 0 bridgehead atoms. The number of carbonyl (C=O) groups is 1. The summed E-state index contributed by atoms with van der Waals surface area (Å²) >= 11 is 0. The Bertz CT molecular complexity index is 821. The molecule has 28 heavy (non-hydrogen) atoms. The van der Waals surface area contributed by atoms with E-state index >= 15 is 0 Å². The van der Waals surface area contributed by atoms with E-state index in [9.17, 15) is 26.3 Å². The summed E-state index contributed by atoms with van der Waals surface area (Å²) in [7, 11) is 0. The molecule has 3 rings (SSSR count). The monoisotopic (exact) mass is 409 g/mol. The second-order valence-electron chi connectivity index (χ2n) is 6.12. The zero-order valence-corrected chi connectivity index (χ0v) is 14.6. The topological polar surface area (TPSA) is 69.2 Å². The number of H-pyrrole nitrogens is 1. The number of aliphatic carboxylic acids is 1. The van der Waals surface area contributed by atoms with Crippen LogP contribution in [0, 0.1) is 5.82 Å². The number of benzene rings is 1. The maximum Gasteiger partial charge on any atom is 0.490 e. The first-order valence-electron chi connectivity index (χ1n) is 8.14. The molecule has 154 valence electrons. The van der Waals surface area contributed by atoms with Crippen LogP contribution in [-0.4, -0.2) is 38.9 Å². The van der Waals surface area contributed by atoms with Gasteiger partial charge in [-0.05, 0) is 25.0 Å². The predicted molar refractivity (Wildman–Crippen MR) is 86.2 cm³/mol. The van der Waals surface area contributed by atoms with Gasteiger partial charge in [-0.1, -0.05) is 12.1 Å². The Labute approximate surface area is 156 Å². The van der Waals surface area contributed by atoms with Crippen molar-refractivity contribution in [3.05, 3.63) is 52.6 Å². The van der Waals surface area contributed by atoms with Gasteiger partial charge in [-0.25, -0.2) is 18.0 Å². The molecule has 1 aromatic heterocycles. The summed E-state index contributed by atoms with van der Waals surface area (Å²) in [4.78, 5) is 10.9. The third-order valence-electron chi connectivity index (χ3n) is 4.36. The summed E-state index contributed by atoms with van der Waals surface area (Å²) in [6.07, 6.45) is -5.52. The molecule has 2 aromatic rings. The van der Waals surface area contributed by atoms with E-state index in [0.29, 0.717) is 24.2 Å². The molecule has 11 heteroatoms. The third kappa shape index (κ3) is 5.03. The van der Waals surface area contributed by atoms with Gasteiger partial charge in [0.2, 0.25) is 0 Å². The van der Waals surface area contributed by atoms with Gasteiger partial charge in [-0.15, -0.1) is 0 Å². The molecule has 1 aliphatic heterocycles. The summed E-state index contributed by atoms with van der Waals surface area (Å²) in [6, 6.07) is 4.94. The van der Waals surface area contributed by atoms with Crippen molar-refractivity contribution >= 4 is 5.97 Å².